The second-order valence-corrected chi connectivity index (χ2v) is 5.49. The molecule has 0 spiro atoms. The number of anilines is 1. The molecule has 5 nitrogen and oxygen atoms in total. The molecule has 1 heterocycles. The normalized spacial score (nSPS) is 12.4. The van der Waals surface area contributed by atoms with Gasteiger partial charge in [0, 0.05) is 18.7 Å². The van der Waals surface area contributed by atoms with Crippen LogP contribution in [0.3, 0.4) is 0 Å². The molecule has 0 fully saturated rings. The molecule has 1 atom stereocenters. The number of pyridine rings is 1. The summed E-state index contributed by atoms with van der Waals surface area (Å²) in [6.45, 7) is 6.30. The van der Waals surface area contributed by atoms with E-state index in [1.54, 1.807) is 24.1 Å². The summed E-state index contributed by atoms with van der Waals surface area (Å²) in [4.78, 5) is 18.0. The van der Waals surface area contributed by atoms with Crippen molar-refractivity contribution in [2.45, 2.75) is 33.2 Å². The smallest absolute Gasteiger partial charge is 0.254 e. The Balaban J connectivity index is 2.90. The van der Waals surface area contributed by atoms with Gasteiger partial charge < -0.3 is 10.3 Å². The highest BCUT2D eigenvalue weighted by Gasteiger charge is 2.19. The quantitative estimate of drug-likeness (QED) is 0.495. The molecule has 1 unspecified atom stereocenters. The molecule has 106 valence electrons. The number of nitrogens with zero attached hydrogens (tertiary/aromatic N) is 2. The van der Waals surface area contributed by atoms with Gasteiger partial charge in [-0.15, -0.1) is 0 Å². The number of nitrogens with one attached hydrogen (secondary N) is 1. The Labute approximate surface area is 119 Å². The molecule has 0 saturated carbocycles. The molecule has 0 bridgehead atoms. The van der Waals surface area contributed by atoms with Crippen molar-refractivity contribution in [3.63, 3.8) is 0 Å². The summed E-state index contributed by atoms with van der Waals surface area (Å²) >= 11 is 5.86. The molecule has 0 aliphatic rings. The fourth-order valence-corrected chi connectivity index (χ4v) is 2.15. The minimum atomic E-state index is -0.0889. The zero-order valence-electron chi connectivity index (χ0n) is 11.8. The minimum absolute atomic E-state index is 0.0889. The molecular formula is C13H21ClN4O. The van der Waals surface area contributed by atoms with Gasteiger partial charge in [0.2, 0.25) is 0 Å². The highest BCUT2D eigenvalue weighted by molar-refractivity contribution is 6.29. The average molecular weight is 285 g/mol. The van der Waals surface area contributed by atoms with E-state index in [1.165, 1.54) is 0 Å². The molecular weight excluding hydrogens is 264 g/mol. The van der Waals surface area contributed by atoms with Crippen molar-refractivity contribution in [1.29, 1.82) is 0 Å². The van der Waals surface area contributed by atoms with Crippen LogP contribution in [0.2, 0.25) is 5.15 Å². The summed E-state index contributed by atoms with van der Waals surface area (Å²) in [5, 5.41) is 0.240. The second kappa shape index (κ2) is 6.73. The lowest BCUT2D eigenvalue weighted by molar-refractivity contribution is 0.0728. The van der Waals surface area contributed by atoms with Crippen LogP contribution >= 0.6 is 11.6 Å². The fourth-order valence-electron chi connectivity index (χ4n) is 1.94. The van der Waals surface area contributed by atoms with Gasteiger partial charge in [-0.1, -0.05) is 25.4 Å². The standard InChI is InChI=1S/C13H21ClN4O/c1-8(2)5-9(3)18(4)13(19)10-6-11(14)16-12(7-10)17-15/h6-9H,5,15H2,1-4H3,(H,16,17). The molecule has 0 radical (unpaired) electrons. The first-order chi connectivity index (χ1) is 8.85. The maximum Gasteiger partial charge on any atom is 0.254 e. The number of rotatable bonds is 5. The molecule has 19 heavy (non-hydrogen) atoms. The van der Waals surface area contributed by atoms with E-state index >= 15 is 0 Å². The highest BCUT2D eigenvalue weighted by atomic mass is 35.5. The van der Waals surface area contributed by atoms with Gasteiger partial charge in [0.05, 0.1) is 0 Å². The molecule has 0 aromatic carbocycles. The summed E-state index contributed by atoms with van der Waals surface area (Å²) in [7, 11) is 1.79. The Morgan fingerprint density at radius 2 is 2.11 bits per heavy atom. The van der Waals surface area contributed by atoms with Crippen molar-refractivity contribution in [1.82, 2.24) is 9.88 Å². The lowest BCUT2D eigenvalue weighted by atomic mass is 10.0. The van der Waals surface area contributed by atoms with Gasteiger partial charge >= 0.3 is 0 Å². The number of nitrogen functional groups attached to an aromatic ring is 1. The number of hydrogen-bond acceptors (Lipinski definition) is 4. The van der Waals surface area contributed by atoms with Crippen LogP contribution in [-0.2, 0) is 0 Å². The first kappa shape index (κ1) is 15.7. The summed E-state index contributed by atoms with van der Waals surface area (Å²) in [6.07, 6.45) is 0.947. The first-order valence-corrected chi connectivity index (χ1v) is 6.64. The van der Waals surface area contributed by atoms with E-state index in [0.29, 0.717) is 17.3 Å². The Morgan fingerprint density at radius 1 is 1.47 bits per heavy atom. The van der Waals surface area contributed by atoms with Crippen molar-refractivity contribution in [3.8, 4) is 0 Å². The van der Waals surface area contributed by atoms with Crippen LogP contribution in [0.4, 0.5) is 5.82 Å². The third kappa shape index (κ3) is 4.36. The van der Waals surface area contributed by atoms with E-state index in [2.05, 4.69) is 24.3 Å². The number of carbonyl (C=O) groups excluding carboxylic acids is 1. The first-order valence-electron chi connectivity index (χ1n) is 6.26. The summed E-state index contributed by atoms with van der Waals surface area (Å²) in [5.74, 6) is 6.12. The van der Waals surface area contributed by atoms with Gasteiger partial charge in [-0.05, 0) is 31.4 Å². The zero-order chi connectivity index (χ0) is 14.6. The summed E-state index contributed by atoms with van der Waals surface area (Å²) in [6, 6.07) is 3.30. The molecule has 0 aliphatic heterocycles. The molecule has 1 amide bonds. The topological polar surface area (TPSA) is 71.2 Å². The van der Waals surface area contributed by atoms with Crippen molar-refractivity contribution >= 4 is 23.3 Å². The minimum Gasteiger partial charge on any atom is -0.339 e. The molecule has 1 aromatic rings. The lowest BCUT2D eigenvalue weighted by Gasteiger charge is -2.26. The van der Waals surface area contributed by atoms with Crippen LogP contribution in [0.15, 0.2) is 12.1 Å². The van der Waals surface area contributed by atoms with E-state index in [0.717, 1.165) is 6.42 Å². The maximum absolute atomic E-state index is 12.4. The highest BCUT2D eigenvalue weighted by Crippen LogP contribution is 2.17. The zero-order valence-corrected chi connectivity index (χ0v) is 12.5. The lowest BCUT2D eigenvalue weighted by Crippen LogP contribution is -2.36. The van der Waals surface area contributed by atoms with Crippen LogP contribution in [0.25, 0.3) is 0 Å². The van der Waals surface area contributed by atoms with E-state index < -0.39 is 0 Å². The molecule has 0 saturated heterocycles. The Hall–Kier alpha value is -1.33. The molecule has 3 N–H and O–H groups in total. The second-order valence-electron chi connectivity index (χ2n) is 5.10. The van der Waals surface area contributed by atoms with E-state index in [1.807, 2.05) is 6.92 Å². The van der Waals surface area contributed by atoms with Crippen molar-refractivity contribution in [2.75, 3.05) is 12.5 Å². The third-order valence-corrected chi connectivity index (χ3v) is 3.18. The van der Waals surface area contributed by atoms with E-state index in [9.17, 15) is 4.79 Å². The van der Waals surface area contributed by atoms with Gasteiger partial charge in [-0.25, -0.2) is 10.8 Å². The van der Waals surface area contributed by atoms with Gasteiger partial charge in [0.1, 0.15) is 11.0 Å². The predicted molar refractivity (Wildman–Crippen MR) is 78.1 cm³/mol. The monoisotopic (exact) mass is 284 g/mol. The molecule has 6 heteroatoms. The molecule has 1 rings (SSSR count). The van der Waals surface area contributed by atoms with Crippen molar-refractivity contribution < 1.29 is 4.79 Å². The van der Waals surface area contributed by atoms with Gasteiger partial charge in [-0.2, -0.15) is 0 Å². The average Bonchev–Trinajstić information content (AvgIpc) is 2.35. The third-order valence-electron chi connectivity index (χ3n) is 2.98. The van der Waals surface area contributed by atoms with Gasteiger partial charge in [0.25, 0.3) is 5.91 Å². The van der Waals surface area contributed by atoms with Crippen LogP contribution in [0.1, 0.15) is 37.6 Å². The Morgan fingerprint density at radius 3 is 2.63 bits per heavy atom. The number of aromatic nitrogens is 1. The predicted octanol–water partition coefficient (Wildman–Crippen LogP) is 2.53. The van der Waals surface area contributed by atoms with Gasteiger partial charge in [0.15, 0.2) is 0 Å². The van der Waals surface area contributed by atoms with Crippen LogP contribution < -0.4 is 11.3 Å². The molecule has 0 aliphatic carbocycles. The number of nitrogens with two attached hydrogens (primary N) is 1. The summed E-state index contributed by atoms with van der Waals surface area (Å²) < 4.78 is 0. The van der Waals surface area contributed by atoms with E-state index in [-0.39, 0.29) is 17.1 Å². The largest absolute Gasteiger partial charge is 0.339 e. The van der Waals surface area contributed by atoms with Crippen molar-refractivity contribution in [3.05, 3.63) is 22.8 Å². The van der Waals surface area contributed by atoms with Crippen LogP contribution in [0.5, 0.6) is 0 Å². The van der Waals surface area contributed by atoms with Crippen molar-refractivity contribution in [2.24, 2.45) is 11.8 Å². The number of hydrogen-bond donors (Lipinski definition) is 2. The van der Waals surface area contributed by atoms with Crippen LogP contribution in [0, 0.1) is 5.92 Å². The maximum atomic E-state index is 12.4. The van der Waals surface area contributed by atoms with Gasteiger partial charge in [-0.3, -0.25) is 4.79 Å². The number of hydrazine groups is 1. The fraction of sp³-hybridized carbons (Fsp3) is 0.538. The summed E-state index contributed by atoms with van der Waals surface area (Å²) in [5.41, 5.74) is 2.87. The van der Waals surface area contributed by atoms with E-state index in [4.69, 9.17) is 17.4 Å². The Kier molecular flexibility index (Phi) is 5.57. The SMILES string of the molecule is CC(C)CC(C)N(C)C(=O)c1cc(Cl)nc(NN)c1. The molecule has 1 aromatic heterocycles. The number of halogens is 1. The van der Waals surface area contributed by atoms with Crippen LogP contribution in [-0.4, -0.2) is 28.9 Å². The number of amides is 1. The number of carbonyl (C=O) groups is 1. The Bertz CT molecular complexity index is 450.